The lowest BCUT2D eigenvalue weighted by atomic mass is 10.2. The Morgan fingerprint density at radius 1 is 1.42 bits per heavy atom. The molecule has 0 radical (unpaired) electrons. The minimum atomic E-state index is -0.0813. The number of hydrogen-bond donors (Lipinski definition) is 1. The van der Waals surface area contributed by atoms with Crippen molar-refractivity contribution in [2.45, 2.75) is 6.61 Å². The van der Waals surface area contributed by atoms with Crippen molar-refractivity contribution >= 4 is 0 Å². The Morgan fingerprint density at radius 3 is 2.67 bits per heavy atom. The summed E-state index contributed by atoms with van der Waals surface area (Å²) in [6.07, 6.45) is 1.52. The number of aromatic nitrogens is 1. The van der Waals surface area contributed by atoms with Crippen LogP contribution >= 0.6 is 0 Å². The van der Waals surface area contributed by atoms with Gasteiger partial charge in [-0.1, -0.05) is 0 Å². The molecule has 0 amide bonds. The number of aliphatic hydroxyl groups excluding tert-OH is 1. The van der Waals surface area contributed by atoms with Crippen molar-refractivity contribution in [3.63, 3.8) is 0 Å². The molecule has 1 N–H and O–H groups in total. The molecule has 0 aromatic carbocycles. The Kier molecular flexibility index (Phi) is 2.88. The number of pyridine rings is 1. The second-order valence-corrected chi connectivity index (χ2v) is 2.20. The van der Waals surface area contributed by atoms with E-state index in [1.807, 2.05) is 0 Å². The minimum Gasteiger partial charge on any atom is -0.495 e. The smallest absolute Gasteiger partial charge is 0.213 e. The Hall–Kier alpha value is -1.29. The summed E-state index contributed by atoms with van der Waals surface area (Å²) in [6, 6.07) is 1.64. The van der Waals surface area contributed by atoms with E-state index in [1.165, 1.54) is 20.4 Å². The van der Waals surface area contributed by atoms with Crippen LogP contribution in [0.4, 0.5) is 0 Å². The monoisotopic (exact) mass is 169 g/mol. The van der Waals surface area contributed by atoms with Gasteiger partial charge >= 0.3 is 0 Å². The van der Waals surface area contributed by atoms with Crippen molar-refractivity contribution in [2.24, 2.45) is 0 Å². The number of nitrogens with zero attached hydrogens (tertiary/aromatic N) is 1. The summed E-state index contributed by atoms with van der Waals surface area (Å²) >= 11 is 0. The van der Waals surface area contributed by atoms with Gasteiger partial charge < -0.3 is 14.6 Å². The summed E-state index contributed by atoms with van der Waals surface area (Å²) in [5.74, 6) is 1.04. The first-order valence-electron chi connectivity index (χ1n) is 3.49. The van der Waals surface area contributed by atoms with Crippen LogP contribution in [0.3, 0.4) is 0 Å². The normalized spacial score (nSPS) is 9.58. The fourth-order valence-corrected chi connectivity index (χ4v) is 0.882. The van der Waals surface area contributed by atoms with Crippen LogP contribution in [0.15, 0.2) is 12.3 Å². The largest absolute Gasteiger partial charge is 0.495 e. The molecule has 66 valence electrons. The lowest BCUT2D eigenvalue weighted by Gasteiger charge is -2.06. The highest BCUT2D eigenvalue weighted by atomic mass is 16.5. The second-order valence-electron chi connectivity index (χ2n) is 2.20. The van der Waals surface area contributed by atoms with Crippen molar-refractivity contribution in [3.05, 3.63) is 17.8 Å². The first-order valence-corrected chi connectivity index (χ1v) is 3.49. The van der Waals surface area contributed by atoms with Crippen molar-refractivity contribution in [1.29, 1.82) is 0 Å². The molecule has 0 spiro atoms. The Balaban J connectivity index is 3.02. The molecule has 1 aromatic rings. The van der Waals surface area contributed by atoms with Gasteiger partial charge in [-0.2, -0.15) is 0 Å². The molecule has 0 bridgehead atoms. The maximum absolute atomic E-state index is 8.91. The molecule has 0 aliphatic rings. The van der Waals surface area contributed by atoms with Crippen LogP contribution in [0.2, 0.25) is 0 Å². The van der Waals surface area contributed by atoms with E-state index in [4.69, 9.17) is 14.6 Å². The van der Waals surface area contributed by atoms with Crippen LogP contribution in [0.5, 0.6) is 11.6 Å². The third kappa shape index (κ3) is 1.65. The van der Waals surface area contributed by atoms with Gasteiger partial charge in [0.2, 0.25) is 5.88 Å². The maximum Gasteiger partial charge on any atom is 0.213 e. The van der Waals surface area contributed by atoms with E-state index in [0.29, 0.717) is 17.2 Å². The molecule has 1 heterocycles. The quantitative estimate of drug-likeness (QED) is 0.719. The standard InChI is InChI=1S/C8H11NO3/c1-11-7-4-9-8(12-2)3-6(7)5-10/h3-4,10H,5H2,1-2H3. The van der Waals surface area contributed by atoms with Crippen LogP contribution in [0, 0.1) is 0 Å². The fourth-order valence-electron chi connectivity index (χ4n) is 0.882. The molecular formula is C8H11NO3. The molecular weight excluding hydrogens is 158 g/mol. The van der Waals surface area contributed by atoms with Gasteiger partial charge in [0.25, 0.3) is 0 Å². The zero-order valence-corrected chi connectivity index (χ0v) is 7.07. The molecule has 4 heteroatoms. The summed E-state index contributed by atoms with van der Waals surface area (Å²) in [5, 5.41) is 8.91. The highest BCUT2D eigenvalue weighted by molar-refractivity contribution is 5.33. The van der Waals surface area contributed by atoms with E-state index >= 15 is 0 Å². The van der Waals surface area contributed by atoms with Gasteiger partial charge in [-0.25, -0.2) is 4.98 Å². The molecule has 12 heavy (non-hydrogen) atoms. The van der Waals surface area contributed by atoms with Gasteiger partial charge in [-0.3, -0.25) is 0 Å². The molecule has 4 nitrogen and oxygen atoms in total. The van der Waals surface area contributed by atoms with E-state index in [1.54, 1.807) is 6.07 Å². The minimum absolute atomic E-state index is 0.0813. The number of methoxy groups -OCH3 is 2. The van der Waals surface area contributed by atoms with E-state index in [-0.39, 0.29) is 6.61 Å². The van der Waals surface area contributed by atoms with Gasteiger partial charge in [0.05, 0.1) is 27.0 Å². The van der Waals surface area contributed by atoms with Crippen LogP contribution in [0.25, 0.3) is 0 Å². The lowest BCUT2D eigenvalue weighted by Crippen LogP contribution is -1.95. The highest BCUT2D eigenvalue weighted by Crippen LogP contribution is 2.20. The fraction of sp³-hybridized carbons (Fsp3) is 0.375. The Bertz CT molecular complexity index is 262. The second kappa shape index (κ2) is 3.92. The van der Waals surface area contributed by atoms with Crippen molar-refractivity contribution in [1.82, 2.24) is 4.98 Å². The first-order chi connectivity index (χ1) is 5.81. The molecule has 0 aliphatic carbocycles. The maximum atomic E-state index is 8.91. The van der Waals surface area contributed by atoms with Crippen LogP contribution < -0.4 is 9.47 Å². The van der Waals surface area contributed by atoms with E-state index in [0.717, 1.165) is 0 Å². The topological polar surface area (TPSA) is 51.6 Å². The molecule has 1 rings (SSSR count). The zero-order valence-electron chi connectivity index (χ0n) is 7.07. The van der Waals surface area contributed by atoms with Gasteiger partial charge in [0.15, 0.2) is 0 Å². The molecule has 0 atom stereocenters. The van der Waals surface area contributed by atoms with Gasteiger partial charge in [0, 0.05) is 11.6 Å². The van der Waals surface area contributed by atoms with Gasteiger partial charge in [-0.05, 0) is 0 Å². The van der Waals surface area contributed by atoms with Crippen molar-refractivity contribution in [3.8, 4) is 11.6 Å². The van der Waals surface area contributed by atoms with Crippen molar-refractivity contribution in [2.75, 3.05) is 14.2 Å². The van der Waals surface area contributed by atoms with Gasteiger partial charge in [-0.15, -0.1) is 0 Å². The molecule has 0 fully saturated rings. The number of ether oxygens (including phenoxy) is 2. The predicted octanol–water partition coefficient (Wildman–Crippen LogP) is 0.591. The first kappa shape index (κ1) is 8.80. The van der Waals surface area contributed by atoms with Crippen LogP contribution in [0.1, 0.15) is 5.56 Å². The molecule has 1 aromatic heterocycles. The SMILES string of the molecule is COc1cc(CO)c(OC)cn1. The predicted molar refractivity (Wildman–Crippen MR) is 43.3 cm³/mol. The Morgan fingerprint density at radius 2 is 2.17 bits per heavy atom. The summed E-state index contributed by atoms with van der Waals surface area (Å²) in [6.45, 7) is -0.0813. The summed E-state index contributed by atoms with van der Waals surface area (Å²) < 4.78 is 9.84. The van der Waals surface area contributed by atoms with Gasteiger partial charge in [0.1, 0.15) is 5.75 Å². The van der Waals surface area contributed by atoms with Crippen LogP contribution in [-0.2, 0) is 6.61 Å². The number of hydrogen-bond acceptors (Lipinski definition) is 4. The summed E-state index contributed by atoms with van der Waals surface area (Å²) in [7, 11) is 3.05. The molecule has 0 saturated carbocycles. The molecule has 0 unspecified atom stereocenters. The Labute approximate surface area is 70.8 Å². The highest BCUT2D eigenvalue weighted by Gasteiger charge is 2.03. The number of rotatable bonds is 3. The molecule has 0 saturated heterocycles. The third-order valence-electron chi connectivity index (χ3n) is 1.52. The van der Waals surface area contributed by atoms with E-state index < -0.39 is 0 Å². The zero-order chi connectivity index (χ0) is 8.97. The average Bonchev–Trinajstić information content (AvgIpc) is 2.16. The molecule has 0 aliphatic heterocycles. The average molecular weight is 169 g/mol. The number of aliphatic hydroxyl groups is 1. The van der Waals surface area contributed by atoms with Crippen LogP contribution in [-0.4, -0.2) is 24.3 Å². The van der Waals surface area contributed by atoms with Crippen molar-refractivity contribution < 1.29 is 14.6 Å². The summed E-state index contributed by atoms with van der Waals surface area (Å²) in [4.78, 5) is 3.92. The summed E-state index contributed by atoms with van der Waals surface area (Å²) in [5.41, 5.74) is 0.671. The van der Waals surface area contributed by atoms with E-state index in [9.17, 15) is 0 Å². The lowest BCUT2D eigenvalue weighted by molar-refractivity contribution is 0.272. The van der Waals surface area contributed by atoms with E-state index in [2.05, 4.69) is 4.98 Å². The third-order valence-corrected chi connectivity index (χ3v) is 1.52.